The van der Waals surface area contributed by atoms with Gasteiger partial charge in [0.1, 0.15) is 6.61 Å². The lowest BCUT2D eigenvalue weighted by molar-refractivity contribution is 0.0297. The third-order valence-corrected chi connectivity index (χ3v) is 8.57. The van der Waals surface area contributed by atoms with Crippen LogP contribution in [0.5, 0.6) is 0 Å². The predicted molar refractivity (Wildman–Crippen MR) is 133 cm³/mol. The van der Waals surface area contributed by atoms with E-state index in [4.69, 9.17) is 4.74 Å². The average Bonchev–Trinajstić information content (AvgIpc) is 3.30. The van der Waals surface area contributed by atoms with Crippen LogP contribution in [0.4, 0.5) is 15.3 Å². The Bertz CT molecular complexity index is 939. The van der Waals surface area contributed by atoms with E-state index in [0.717, 1.165) is 63.8 Å². The zero-order valence-corrected chi connectivity index (χ0v) is 20.8. The molecule has 7 nitrogen and oxygen atoms in total. The maximum absolute atomic E-state index is 12.9. The molecule has 0 N–H and O–H groups in total. The van der Waals surface area contributed by atoms with Crippen molar-refractivity contribution in [2.24, 2.45) is 0 Å². The van der Waals surface area contributed by atoms with Crippen LogP contribution in [0, 0.1) is 0 Å². The number of allylic oxidation sites excluding steroid dienone is 1. The quantitative estimate of drug-likeness (QED) is 0.626. The van der Waals surface area contributed by atoms with E-state index in [9.17, 15) is 9.59 Å². The zero-order valence-electron chi connectivity index (χ0n) is 20.8. The fourth-order valence-electron chi connectivity index (χ4n) is 6.82. The molecular formula is C27H38N4O3. The second kappa shape index (κ2) is 9.25. The SMILES string of the molecule is CC=CCOC(=O)N1C2CCC1CC(N1CCC3(CC1)CN(C(=O)N(C)C)c1ccccc13)C2. The number of urea groups is 1. The van der Waals surface area contributed by atoms with Crippen LogP contribution in [0.1, 0.15) is 51.0 Å². The molecule has 2 bridgehead atoms. The number of carbonyl (C=O) groups excluding carboxylic acids is 2. The third kappa shape index (κ3) is 3.98. The van der Waals surface area contributed by atoms with Gasteiger partial charge < -0.3 is 19.4 Å². The van der Waals surface area contributed by atoms with Crippen molar-refractivity contribution in [3.8, 4) is 0 Å². The molecule has 4 heterocycles. The summed E-state index contributed by atoms with van der Waals surface area (Å²) in [4.78, 5) is 33.9. The van der Waals surface area contributed by atoms with Gasteiger partial charge in [-0.05, 0) is 70.2 Å². The molecule has 1 spiro atoms. The van der Waals surface area contributed by atoms with Crippen molar-refractivity contribution in [3.05, 3.63) is 42.0 Å². The number of para-hydroxylation sites is 1. The first-order valence-electron chi connectivity index (χ1n) is 12.8. The van der Waals surface area contributed by atoms with Gasteiger partial charge in [0.25, 0.3) is 0 Å². The molecule has 0 aromatic heterocycles. The van der Waals surface area contributed by atoms with Crippen LogP contribution in [-0.4, -0.2) is 85.3 Å². The van der Waals surface area contributed by atoms with Gasteiger partial charge >= 0.3 is 12.1 Å². The summed E-state index contributed by atoms with van der Waals surface area (Å²) in [5.74, 6) is 0. The van der Waals surface area contributed by atoms with Crippen LogP contribution < -0.4 is 4.90 Å². The largest absolute Gasteiger partial charge is 0.445 e. The van der Waals surface area contributed by atoms with Crippen molar-refractivity contribution in [2.75, 3.05) is 45.2 Å². The van der Waals surface area contributed by atoms with Crippen molar-refractivity contribution in [2.45, 2.75) is 69.0 Å². The van der Waals surface area contributed by atoms with E-state index in [-0.39, 0.29) is 17.5 Å². The molecule has 1 aromatic carbocycles. The summed E-state index contributed by atoms with van der Waals surface area (Å²) in [6, 6.07) is 9.68. The molecule has 0 saturated carbocycles. The minimum Gasteiger partial charge on any atom is -0.445 e. The van der Waals surface area contributed by atoms with E-state index in [0.29, 0.717) is 24.7 Å². The minimum absolute atomic E-state index is 0.0506. The van der Waals surface area contributed by atoms with Gasteiger partial charge in [-0.15, -0.1) is 0 Å². The van der Waals surface area contributed by atoms with Gasteiger partial charge in [-0.25, -0.2) is 9.59 Å². The summed E-state index contributed by atoms with van der Waals surface area (Å²) >= 11 is 0. The number of fused-ring (bicyclic) bond motifs is 4. The fraction of sp³-hybridized carbons (Fsp3) is 0.630. The Kier molecular flexibility index (Phi) is 6.32. The number of rotatable bonds is 3. The standard InChI is InChI=1S/C27H38N4O3/c1-4-5-16-34-26(33)31-20-10-11-21(31)18-22(17-20)29-14-12-27(13-15-29)19-30(25(32)28(2)3)24-9-7-6-8-23(24)27/h4-9,20-22H,10-19H2,1-3H3. The van der Waals surface area contributed by atoms with Crippen LogP contribution in [-0.2, 0) is 10.2 Å². The maximum Gasteiger partial charge on any atom is 0.410 e. The molecule has 34 heavy (non-hydrogen) atoms. The van der Waals surface area contributed by atoms with Gasteiger partial charge in [-0.2, -0.15) is 0 Å². The maximum atomic E-state index is 12.9. The number of benzene rings is 1. The minimum atomic E-state index is -0.144. The number of piperidine rings is 2. The molecule has 4 aliphatic heterocycles. The van der Waals surface area contributed by atoms with Gasteiger partial charge in [0.05, 0.1) is 0 Å². The van der Waals surface area contributed by atoms with Crippen LogP contribution >= 0.6 is 0 Å². The van der Waals surface area contributed by atoms with Gasteiger partial charge in [0.15, 0.2) is 0 Å². The Morgan fingerprint density at radius 2 is 1.76 bits per heavy atom. The Morgan fingerprint density at radius 3 is 2.41 bits per heavy atom. The van der Waals surface area contributed by atoms with Crippen LogP contribution in [0.3, 0.4) is 0 Å². The fourth-order valence-corrected chi connectivity index (χ4v) is 6.82. The molecule has 3 saturated heterocycles. The molecule has 4 aliphatic rings. The summed E-state index contributed by atoms with van der Waals surface area (Å²) in [6.45, 7) is 5.17. The smallest absolute Gasteiger partial charge is 0.410 e. The molecule has 2 atom stereocenters. The lowest BCUT2D eigenvalue weighted by Crippen LogP contribution is -2.55. The van der Waals surface area contributed by atoms with Gasteiger partial charge in [0, 0.05) is 49.9 Å². The monoisotopic (exact) mass is 466 g/mol. The van der Waals surface area contributed by atoms with E-state index in [1.807, 2.05) is 49.0 Å². The highest BCUT2D eigenvalue weighted by molar-refractivity contribution is 5.95. The summed E-state index contributed by atoms with van der Waals surface area (Å²) in [5, 5.41) is 0. The number of carbonyl (C=O) groups is 2. The summed E-state index contributed by atoms with van der Waals surface area (Å²) in [7, 11) is 3.66. The van der Waals surface area contributed by atoms with Crippen molar-refractivity contribution in [1.29, 1.82) is 0 Å². The average molecular weight is 467 g/mol. The van der Waals surface area contributed by atoms with Gasteiger partial charge in [0.2, 0.25) is 0 Å². The lowest BCUT2D eigenvalue weighted by Gasteiger charge is -2.47. The van der Waals surface area contributed by atoms with E-state index < -0.39 is 0 Å². The summed E-state index contributed by atoms with van der Waals surface area (Å²) in [5.41, 5.74) is 2.47. The van der Waals surface area contributed by atoms with Gasteiger partial charge in [-0.3, -0.25) is 4.90 Å². The Balaban J connectivity index is 1.24. The van der Waals surface area contributed by atoms with Crippen molar-refractivity contribution in [3.63, 3.8) is 0 Å². The number of likely N-dealkylation sites (tertiary alicyclic amines) is 1. The van der Waals surface area contributed by atoms with Crippen molar-refractivity contribution >= 4 is 17.8 Å². The van der Waals surface area contributed by atoms with Crippen LogP contribution in [0.25, 0.3) is 0 Å². The summed E-state index contributed by atoms with van der Waals surface area (Å²) < 4.78 is 5.48. The van der Waals surface area contributed by atoms with E-state index in [2.05, 4.69) is 23.1 Å². The number of ether oxygens (including phenoxy) is 1. The highest BCUT2D eigenvalue weighted by Gasteiger charge is 2.50. The van der Waals surface area contributed by atoms with Gasteiger partial charge in [-0.1, -0.05) is 30.4 Å². The number of nitrogens with zero attached hydrogens (tertiary/aromatic N) is 4. The molecule has 7 heteroatoms. The molecule has 0 aliphatic carbocycles. The number of anilines is 1. The molecule has 2 unspecified atom stereocenters. The summed E-state index contributed by atoms with van der Waals surface area (Å²) in [6.07, 6.45) is 10.1. The lowest BCUT2D eigenvalue weighted by atomic mass is 9.73. The molecule has 184 valence electrons. The number of amides is 3. The van der Waals surface area contributed by atoms with E-state index in [1.165, 1.54) is 5.56 Å². The Morgan fingerprint density at radius 1 is 1.09 bits per heavy atom. The van der Waals surface area contributed by atoms with E-state index in [1.54, 1.807) is 4.90 Å². The number of hydrogen-bond donors (Lipinski definition) is 0. The molecule has 0 radical (unpaired) electrons. The molecule has 3 amide bonds. The molecule has 3 fully saturated rings. The molecule has 5 rings (SSSR count). The first kappa shape index (κ1) is 23.2. The first-order valence-corrected chi connectivity index (χ1v) is 12.8. The van der Waals surface area contributed by atoms with Crippen LogP contribution in [0.15, 0.2) is 36.4 Å². The Labute approximate surface area is 203 Å². The van der Waals surface area contributed by atoms with Crippen molar-refractivity contribution < 1.29 is 14.3 Å². The first-order chi connectivity index (χ1) is 16.4. The molecular weight excluding hydrogens is 428 g/mol. The third-order valence-electron chi connectivity index (χ3n) is 8.57. The number of hydrogen-bond acceptors (Lipinski definition) is 4. The second-order valence-corrected chi connectivity index (χ2v) is 10.7. The zero-order chi connectivity index (χ0) is 23.9. The highest BCUT2D eigenvalue weighted by atomic mass is 16.6. The normalized spacial score (nSPS) is 27.9. The van der Waals surface area contributed by atoms with Crippen molar-refractivity contribution in [1.82, 2.24) is 14.7 Å². The highest BCUT2D eigenvalue weighted by Crippen LogP contribution is 2.48. The molecule has 1 aromatic rings. The van der Waals surface area contributed by atoms with Crippen LogP contribution in [0.2, 0.25) is 0 Å². The topological polar surface area (TPSA) is 56.3 Å². The van der Waals surface area contributed by atoms with E-state index >= 15 is 0 Å². The predicted octanol–water partition coefficient (Wildman–Crippen LogP) is 4.23. The Hall–Kier alpha value is -2.54. The second-order valence-electron chi connectivity index (χ2n) is 10.7.